The molecule has 0 aliphatic carbocycles. The Morgan fingerprint density at radius 2 is 1.50 bits per heavy atom. The summed E-state index contributed by atoms with van der Waals surface area (Å²) in [5, 5.41) is 20.8. The average Bonchev–Trinajstić information content (AvgIpc) is 2.15. The third kappa shape index (κ3) is 2.29. The normalized spacial score (nSPS) is 11.1. The van der Waals surface area contributed by atoms with Gasteiger partial charge < -0.3 is 4.55 Å². The summed E-state index contributed by atoms with van der Waals surface area (Å²) >= 11 is 0. The maximum atomic E-state index is 10.5. The van der Waals surface area contributed by atoms with Crippen molar-refractivity contribution in [3.8, 4) is 0 Å². The van der Waals surface area contributed by atoms with E-state index >= 15 is 0 Å². The van der Waals surface area contributed by atoms with Gasteiger partial charge in [0.15, 0.2) is 0 Å². The van der Waals surface area contributed by atoms with Crippen LogP contribution in [0.15, 0.2) is 23.1 Å². The molecule has 0 aliphatic heterocycles. The Bertz CT molecular complexity index is 564. The van der Waals surface area contributed by atoms with Crippen molar-refractivity contribution < 1.29 is 22.8 Å². The number of hydrogen-bond donors (Lipinski definition) is 0. The van der Waals surface area contributed by atoms with Crippen molar-refractivity contribution >= 4 is 21.5 Å². The van der Waals surface area contributed by atoms with Crippen LogP contribution in [0.25, 0.3) is 0 Å². The Balaban J connectivity index is 3.52. The molecule has 0 saturated carbocycles. The number of benzene rings is 1. The second-order valence-corrected chi connectivity index (χ2v) is 4.00. The zero-order valence-corrected chi connectivity index (χ0v) is 8.21. The van der Waals surface area contributed by atoms with Crippen molar-refractivity contribution in [3.05, 3.63) is 38.4 Å². The van der Waals surface area contributed by atoms with Crippen molar-refractivity contribution in [2.75, 3.05) is 0 Å². The Labute approximate surface area is 88.4 Å². The van der Waals surface area contributed by atoms with Gasteiger partial charge in [0, 0.05) is 12.1 Å². The van der Waals surface area contributed by atoms with Gasteiger partial charge in [-0.2, -0.15) is 0 Å². The molecule has 0 aromatic heterocycles. The van der Waals surface area contributed by atoms with E-state index in [0.29, 0.717) is 18.2 Å². The van der Waals surface area contributed by atoms with E-state index in [1.165, 1.54) is 0 Å². The lowest BCUT2D eigenvalue weighted by atomic mass is 10.3. The first-order valence-corrected chi connectivity index (χ1v) is 5.03. The molecule has 16 heavy (non-hydrogen) atoms. The number of nitro groups is 2. The summed E-state index contributed by atoms with van der Waals surface area (Å²) < 4.78 is 31.6. The second-order valence-electron chi connectivity index (χ2n) is 2.62. The summed E-state index contributed by atoms with van der Waals surface area (Å²) in [5.41, 5.74) is -1.92. The van der Waals surface area contributed by atoms with Crippen molar-refractivity contribution in [2.45, 2.75) is 4.90 Å². The minimum Gasteiger partial charge on any atom is -0.744 e. The van der Waals surface area contributed by atoms with Crippen LogP contribution >= 0.6 is 0 Å². The van der Waals surface area contributed by atoms with E-state index in [4.69, 9.17) is 0 Å². The van der Waals surface area contributed by atoms with Gasteiger partial charge in [0.05, 0.1) is 14.7 Å². The molecule has 0 saturated heterocycles. The zero-order chi connectivity index (χ0) is 12.5. The molecule has 1 rings (SSSR count). The molecule has 0 N–H and O–H groups in total. The summed E-state index contributed by atoms with van der Waals surface area (Å²) in [6.07, 6.45) is 0. The number of nitro benzene ring substituents is 2. The highest BCUT2D eigenvalue weighted by atomic mass is 32.2. The van der Waals surface area contributed by atoms with Crippen LogP contribution < -0.4 is 0 Å². The van der Waals surface area contributed by atoms with E-state index in [-0.39, 0.29) is 0 Å². The van der Waals surface area contributed by atoms with Crippen LogP contribution in [0.4, 0.5) is 11.4 Å². The predicted octanol–water partition coefficient (Wildman–Crippen LogP) is 0.407. The largest absolute Gasteiger partial charge is 0.744 e. The first kappa shape index (κ1) is 12.0. The Morgan fingerprint density at radius 3 is 1.88 bits per heavy atom. The molecule has 1 aromatic carbocycles. The van der Waals surface area contributed by atoms with Crippen LogP contribution in [0.3, 0.4) is 0 Å². The minimum absolute atomic E-state index is 0.362. The van der Waals surface area contributed by atoms with Gasteiger partial charge in [0.2, 0.25) is 0 Å². The van der Waals surface area contributed by atoms with Gasteiger partial charge in [-0.05, 0) is 6.07 Å². The van der Waals surface area contributed by atoms with Gasteiger partial charge in [0.1, 0.15) is 10.1 Å². The number of rotatable bonds is 3. The number of hydrogen-bond acceptors (Lipinski definition) is 7. The highest BCUT2D eigenvalue weighted by Gasteiger charge is 2.25. The minimum atomic E-state index is -4.88. The lowest BCUT2D eigenvalue weighted by molar-refractivity contribution is -0.422. The monoisotopic (exact) mass is 247 g/mol. The summed E-state index contributed by atoms with van der Waals surface area (Å²) in [6.45, 7) is 0. The lowest BCUT2D eigenvalue weighted by Crippen LogP contribution is -2.02. The zero-order valence-electron chi connectivity index (χ0n) is 7.39. The van der Waals surface area contributed by atoms with E-state index in [1.54, 1.807) is 0 Å². The standard InChI is InChI=1S/C6H4N2O7S/c9-7(10)5-2-1-4(16(13,14)15)3-6(5)8(11)12/h1-3H,(H,13,14,15)/p-1. The van der Waals surface area contributed by atoms with Crippen LogP contribution in [-0.4, -0.2) is 22.8 Å². The van der Waals surface area contributed by atoms with Crippen LogP contribution in [0, 0.1) is 20.2 Å². The van der Waals surface area contributed by atoms with E-state index in [0.717, 1.165) is 0 Å². The van der Waals surface area contributed by atoms with E-state index in [9.17, 15) is 33.2 Å². The molecule has 0 amide bonds. The Morgan fingerprint density at radius 1 is 1.00 bits per heavy atom. The molecule has 0 unspecified atom stereocenters. The first-order chi connectivity index (χ1) is 7.23. The van der Waals surface area contributed by atoms with Crippen LogP contribution in [0.2, 0.25) is 0 Å². The fourth-order valence-electron chi connectivity index (χ4n) is 0.959. The molecule has 86 valence electrons. The molecule has 0 aliphatic rings. The molecule has 0 atom stereocenters. The molecule has 0 fully saturated rings. The molecule has 10 heteroatoms. The Hall–Kier alpha value is -2.07. The summed E-state index contributed by atoms with van der Waals surface area (Å²) in [6, 6.07) is 1.61. The maximum absolute atomic E-state index is 10.5. The van der Waals surface area contributed by atoms with Gasteiger partial charge in [-0.1, -0.05) is 0 Å². The van der Waals surface area contributed by atoms with Gasteiger partial charge in [0.25, 0.3) is 0 Å². The van der Waals surface area contributed by atoms with Crippen LogP contribution in [-0.2, 0) is 10.1 Å². The van der Waals surface area contributed by atoms with Crippen molar-refractivity contribution in [1.29, 1.82) is 0 Å². The first-order valence-electron chi connectivity index (χ1n) is 3.62. The maximum Gasteiger partial charge on any atom is 0.347 e. The van der Waals surface area contributed by atoms with Crippen molar-refractivity contribution in [2.24, 2.45) is 0 Å². The highest BCUT2D eigenvalue weighted by molar-refractivity contribution is 7.85. The fraction of sp³-hybridized carbons (Fsp3) is 0. The molecular weight excluding hydrogens is 244 g/mol. The summed E-state index contributed by atoms with van der Waals surface area (Å²) in [5.74, 6) is 0. The average molecular weight is 247 g/mol. The predicted molar refractivity (Wildman–Crippen MR) is 47.7 cm³/mol. The second kappa shape index (κ2) is 3.83. The smallest absolute Gasteiger partial charge is 0.347 e. The molecule has 0 bridgehead atoms. The van der Waals surface area contributed by atoms with Crippen LogP contribution in [0.5, 0.6) is 0 Å². The Kier molecular flexibility index (Phi) is 2.87. The van der Waals surface area contributed by atoms with E-state index in [2.05, 4.69) is 0 Å². The lowest BCUT2D eigenvalue weighted by Gasteiger charge is -2.05. The van der Waals surface area contributed by atoms with E-state index < -0.39 is 36.2 Å². The van der Waals surface area contributed by atoms with Crippen LogP contribution in [0.1, 0.15) is 0 Å². The number of nitrogens with zero attached hydrogens (tertiary/aromatic N) is 2. The van der Waals surface area contributed by atoms with E-state index in [1.807, 2.05) is 0 Å². The fourth-order valence-corrected chi connectivity index (χ4v) is 1.45. The van der Waals surface area contributed by atoms with Gasteiger partial charge in [-0.15, -0.1) is 0 Å². The third-order valence-corrected chi connectivity index (χ3v) is 2.46. The van der Waals surface area contributed by atoms with Gasteiger partial charge >= 0.3 is 11.4 Å². The third-order valence-electron chi connectivity index (χ3n) is 1.63. The van der Waals surface area contributed by atoms with Gasteiger partial charge in [-0.25, -0.2) is 8.42 Å². The topological polar surface area (TPSA) is 143 Å². The molecule has 0 radical (unpaired) electrons. The molecule has 0 heterocycles. The molecule has 0 spiro atoms. The quantitative estimate of drug-likeness (QED) is 0.427. The molecule has 9 nitrogen and oxygen atoms in total. The summed E-state index contributed by atoms with van der Waals surface area (Å²) in [7, 11) is -4.88. The van der Waals surface area contributed by atoms with Crippen molar-refractivity contribution in [1.82, 2.24) is 0 Å². The molecule has 1 aromatic rings. The SMILES string of the molecule is O=[N+]([O-])c1ccc(S(=O)(=O)[O-])cc1[N+](=O)[O-]. The van der Waals surface area contributed by atoms with Crippen molar-refractivity contribution in [3.63, 3.8) is 0 Å². The summed E-state index contributed by atoms with van der Waals surface area (Å²) in [4.78, 5) is 17.7. The van der Waals surface area contributed by atoms with Gasteiger partial charge in [-0.3, -0.25) is 20.2 Å². The molecular formula is C6H3N2O7S-. The highest BCUT2D eigenvalue weighted by Crippen LogP contribution is 2.28.